The first-order valence-electron chi connectivity index (χ1n) is 16.1. The molecule has 2 aliphatic carbocycles. The van der Waals surface area contributed by atoms with Gasteiger partial charge in [-0.1, -0.05) is 45.4 Å². The van der Waals surface area contributed by atoms with E-state index in [-0.39, 0.29) is 57.4 Å². The molecule has 6 atom stereocenters. The van der Waals surface area contributed by atoms with Crippen molar-refractivity contribution in [2.75, 3.05) is 26.6 Å². The predicted octanol–water partition coefficient (Wildman–Crippen LogP) is 4.44. The molecule has 6 unspecified atom stereocenters. The van der Waals surface area contributed by atoms with Crippen LogP contribution in [0.5, 0.6) is 17.2 Å². The Hall–Kier alpha value is -2.87. The number of amides is 2. The van der Waals surface area contributed by atoms with Crippen LogP contribution in [0.25, 0.3) is 0 Å². The third-order valence-electron chi connectivity index (χ3n) is 9.21. The van der Waals surface area contributed by atoms with Gasteiger partial charge in [0.2, 0.25) is 18.6 Å². The Bertz CT molecular complexity index is 1400. The number of aliphatic hydroxyl groups is 2. The summed E-state index contributed by atoms with van der Waals surface area (Å²) in [6.45, 7) is 6.62. The zero-order valence-corrected chi connectivity index (χ0v) is 28.9. The molecule has 2 aromatic carbocycles. The van der Waals surface area contributed by atoms with E-state index < -0.39 is 18.2 Å². The fourth-order valence-corrected chi connectivity index (χ4v) is 7.17. The standard InChI is InChI=1S/C35H45IN2O8/c1-21(2)25-10-8-22(3)14-30(25)43-19-33(40)38(18-23-9-11-29-31(15-23)45-20-44-29)27-16-24(35(42)37-12-13-39)17-32(34(27)41)46-28-7-5-4-6-26(28)36/h4-7,9,11,15,17,21-22,25,27,30,32,34,39,41H,8,10,12-14,16,18-20H2,1-3H3,(H,37,42). The predicted molar refractivity (Wildman–Crippen MR) is 180 cm³/mol. The lowest BCUT2D eigenvalue weighted by Gasteiger charge is -2.41. The molecule has 2 aromatic rings. The highest BCUT2D eigenvalue weighted by atomic mass is 127. The number of rotatable bonds is 12. The number of halogens is 1. The molecule has 1 fully saturated rings. The largest absolute Gasteiger partial charge is 0.482 e. The van der Waals surface area contributed by atoms with E-state index in [0.29, 0.717) is 40.6 Å². The van der Waals surface area contributed by atoms with Gasteiger partial charge in [0.1, 0.15) is 24.6 Å². The van der Waals surface area contributed by atoms with Gasteiger partial charge in [-0.05, 0) is 89.1 Å². The van der Waals surface area contributed by atoms with Crippen molar-refractivity contribution in [3.63, 3.8) is 0 Å². The van der Waals surface area contributed by atoms with Crippen molar-refractivity contribution in [2.24, 2.45) is 17.8 Å². The number of fused-ring (bicyclic) bond motifs is 1. The summed E-state index contributed by atoms with van der Waals surface area (Å²) in [5.74, 6) is 2.42. The first-order valence-corrected chi connectivity index (χ1v) is 17.2. The van der Waals surface area contributed by atoms with Gasteiger partial charge in [-0.25, -0.2) is 0 Å². The fraction of sp³-hybridized carbons (Fsp3) is 0.543. The molecule has 0 bridgehead atoms. The van der Waals surface area contributed by atoms with E-state index in [1.54, 1.807) is 17.0 Å². The molecule has 1 saturated carbocycles. The number of para-hydroxylation sites is 1. The lowest BCUT2D eigenvalue weighted by Crippen LogP contribution is -2.55. The maximum absolute atomic E-state index is 14.2. The fourth-order valence-electron chi connectivity index (χ4n) is 6.66. The lowest BCUT2D eigenvalue weighted by molar-refractivity contribution is -0.149. The molecular formula is C35H45IN2O8. The minimum Gasteiger partial charge on any atom is -0.482 e. The Morgan fingerprint density at radius 2 is 1.91 bits per heavy atom. The number of nitrogens with one attached hydrogen (secondary N) is 1. The van der Waals surface area contributed by atoms with Gasteiger partial charge < -0.3 is 39.4 Å². The van der Waals surface area contributed by atoms with Crippen LogP contribution in [-0.2, 0) is 20.9 Å². The van der Waals surface area contributed by atoms with Crippen LogP contribution < -0.4 is 19.5 Å². The number of carbonyl (C=O) groups is 2. The number of hydrogen-bond acceptors (Lipinski definition) is 8. The summed E-state index contributed by atoms with van der Waals surface area (Å²) >= 11 is 2.16. The molecule has 0 saturated heterocycles. The van der Waals surface area contributed by atoms with E-state index in [1.807, 2.05) is 36.4 Å². The van der Waals surface area contributed by atoms with Gasteiger partial charge in [-0.2, -0.15) is 0 Å². The molecule has 250 valence electrons. The second-order valence-corrected chi connectivity index (χ2v) is 14.0. The van der Waals surface area contributed by atoms with E-state index >= 15 is 0 Å². The van der Waals surface area contributed by atoms with Crippen molar-refractivity contribution in [2.45, 2.75) is 77.4 Å². The van der Waals surface area contributed by atoms with Crippen molar-refractivity contribution in [3.05, 3.63) is 63.2 Å². The number of benzene rings is 2. The van der Waals surface area contributed by atoms with Crippen molar-refractivity contribution in [1.29, 1.82) is 0 Å². The molecule has 10 nitrogen and oxygen atoms in total. The molecular weight excluding hydrogens is 703 g/mol. The van der Waals surface area contributed by atoms with E-state index in [2.05, 4.69) is 48.7 Å². The van der Waals surface area contributed by atoms with Crippen LogP contribution in [0, 0.1) is 21.3 Å². The van der Waals surface area contributed by atoms with Crippen LogP contribution in [0.4, 0.5) is 0 Å². The van der Waals surface area contributed by atoms with Gasteiger partial charge in [0, 0.05) is 25.1 Å². The summed E-state index contributed by atoms with van der Waals surface area (Å²) < 4.78 is 24.6. The van der Waals surface area contributed by atoms with Crippen LogP contribution in [0.1, 0.15) is 52.0 Å². The smallest absolute Gasteiger partial charge is 0.249 e. The molecule has 3 aliphatic rings. The maximum Gasteiger partial charge on any atom is 0.249 e. The molecule has 0 spiro atoms. The Morgan fingerprint density at radius 3 is 2.67 bits per heavy atom. The minimum atomic E-state index is -1.15. The number of carbonyl (C=O) groups excluding carboxylic acids is 2. The lowest BCUT2D eigenvalue weighted by atomic mass is 9.75. The van der Waals surface area contributed by atoms with Crippen molar-refractivity contribution < 1.29 is 38.7 Å². The number of ether oxygens (including phenoxy) is 4. The monoisotopic (exact) mass is 748 g/mol. The van der Waals surface area contributed by atoms with Crippen LogP contribution in [0.3, 0.4) is 0 Å². The quantitative estimate of drug-likeness (QED) is 0.272. The molecule has 1 heterocycles. The summed E-state index contributed by atoms with van der Waals surface area (Å²) in [6, 6.07) is 12.1. The van der Waals surface area contributed by atoms with Gasteiger partial charge in [-0.3, -0.25) is 9.59 Å². The molecule has 1 aliphatic heterocycles. The van der Waals surface area contributed by atoms with E-state index in [4.69, 9.17) is 18.9 Å². The van der Waals surface area contributed by atoms with Crippen molar-refractivity contribution >= 4 is 34.4 Å². The van der Waals surface area contributed by atoms with E-state index in [1.165, 1.54) is 0 Å². The van der Waals surface area contributed by atoms with E-state index in [0.717, 1.165) is 28.4 Å². The highest BCUT2D eigenvalue weighted by molar-refractivity contribution is 14.1. The maximum atomic E-state index is 14.2. The van der Waals surface area contributed by atoms with Gasteiger partial charge in [0.05, 0.1) is 22.3 Å². The number of aliphatic hydroxyl groups excluding tert-OH is 2. The molecule has 11 heteroatoms. The highest BCUT2D eigenvalue weighted by Crippen LogP contribution is 2.37. The average Bonchev–Trinajstić information content (AvgIpc) is 3.51. The minimum absolute atomic E-state index is 0.0349. The topological polar surface area (TPSA) is 127 Å². The van der Waals surface area contributed by atoms with Crippen LogP contribution in [-0.4, -0.2) is 77.8 Å². The summed E-state index contributed by atoms with van der Waals surface area (Å²) in [5.41, 5.74) is 1.15. The van der Waals surface area contributed by atoms with Gasteiger partial charge in [0.15, 0.2) is 11.5 Å². The molecule has 2 amide bonds. The van der Waals surface area contributed by atoms with Gasteiger partial charge in [-0.15, -0.1) is 0 Å². The third kappa shape index (κ3) is 8.34. The summed E-state index contributed by atoms with van der Waals surface area (Å²) in [4.78, 5) is 29.1. The Labute approximate surface area is 284 Å². The summed E-state index contributed by atoms with van der Waals surface area (Å²) in [7, 11) is 0. The SMILES string of the molecule is CC1CCC(C(C)C)C(OCC(=O)N(Cc2ccc3c(c2)OCO3)C2CC(C(=O)NCCO)=CC(Oc3ccccc3I)C2O)C1. The Morgan fingerprint density at radius 1 is 1.13 bits per heavy atom. The Kier molecular flexibility index (Phi) is 11.8. The summed E-state index contributed by atoms with van der Waals surface area (Å²) in [6.07, 6.45) is 2.72. The molecule has 3 N–H and O–H groups in total. The highest BCUT2D eigenvalue weighted by Gasteiger charge is 2.41. The average molecular weight is 749 g/mol. The summed E-state index contributed by atoms with van der Waals surface area (Å²) in [5, 5.41) is 23.9. The Balaban J connectivity index is 1.45. The molecule has 0 aromatic heterocycles. The number of nitrogens with zero attached hydrogens (tertiary/aromatic N) is 1. The third-order valence-corrected chi connectivity index (χ3v) is 10.1. The second-order valence-electron chi connectivity index (χ2n) is 12.8. The zero-order chi connectivity index (χ0) is 32.8. The zero-order valence-electron chi connectivity index (χ0n) is 26.7. The number of hydrogen-bond donors (Lipinski definition) is 3. The normalized spacial score (nSPS) is 25.6. The molecule has 0 radical (unpaired) electrons. The molecule has 5 rings (SSSR count). The van der Waals surface area contributed by atoms with Gasteiger partial charge >= 0.3 is 0 Å². The van der Waals surface area contributed by atoms with Crippen molar-refractivity contribution in [3.8, 4) is 17.2 Å². The van der Waals surface area contributed by atoms with Gasteiger partial charge in [0.25, 0.3) is 0 Å². The first kappa shape index (κ1) is 34.5. The van der Waals surface area contributed by atoms with Crippen molar-refractivity contribution in [1.82, 2.24) is 10.2 Å². The van der Waals surface area contributed by atoms with Crippen LogP contribution in [0.15, 0.2) is 54.1 Å². The first-order chi connectivity index (χ1) is 22.1. The second kappa shape index (κ2) is 15.8. The van der Waals surface area contributed by atoms with Crippen LogP contribution >= 0.6 is 22.6 Å². The van der Waals surface area contributed by atoms with E-state index in [9.17, 15) is 19.8 Å². The van der Waals surface area contributed by atoms with Crippen LogP contribution in [0.2, 0.25) is 0 Å². The molecule has 46 heavy (non-hydrogen) atoms.